The molecule has 1 aromatic carbocycles. The topological polar surface area (TPSA) is 131 Å². The van der Waals surface area contributed by atoms with Crippen molar-refractivity contribution in [1.82, 2.24) is 15.0 Å². The summed E-state index contributed by atoms with van der Waals surface area (Å²) in [5.74, 6) is -0.704. The van der Waals surface area contributed by atoms with Gasteiger partial charge in [0.25, 0.3) is 0 Å². The van der Waals surface area contributed by atoms with E-state index in [2.05, 4.69) is 9.97 Å². The number of aldehydes is 1. The number of hydrazine groups is 1. The van der Waals surface area contributed by atoms with Crippen molar-refractivity contribution in [1.29, 1.82) is 0 Å². The maximum absolute atomic E-state index is 12.9. The Hall–Kier alpha value is -2.82. The van der Waals surface area contributed by atoms with Crippen molar-refractivity contribution in [2.45, 2.75) is 45.4 Å². The number of fused-ring (bicyclic) bond motifs is 1. The van der Waals surface area contributed by atoms with Gasteiger partial charge in [0.1, 0.15) is 18.1 Å². The van der Waals surface area contributed by atoms with Gasteiger partial charge < -0.3 is 25.0 Å². The standard InChI is InChI=1S/C20H27N5O5/c1-20(2,3)30-19(28)18-22-14-7-6-13(11-15(14)23-18)25(17(27)5-4-9-26)24-8-10-29-16(21)12-24/h6-7,9,11,16H,4-5,8,10,12,21H2,1-3H3,(H,22,23). The zero-order valence-electron chi connectivity index (χ0n) is 17.4. The van der Waals surface area contributed by atoms with E-state index in [1.807, 2.05) is 0 Å². The number of aromatic amines is 1. The third-order valence-corrected chi connectivity index (χ3v) is 4.37. The van der Waals surface area contributed by atoms with Crippen LogP contribution in [0, 0.1) is 0 Å². The quantitative estimate of drug-likeness (QED) is 0.532. The van der Waals surface area contributed by atoms with Crippen molar-refractivity contribution in [3.05, 3.63) is 24.0 Å². The van der Waals surface area contributed by atoms with E-state index in [9.17, 15) is 14.4 Å². The van der Waals surface area contributed by atoms with Crippen LogP contribution < -0.4 is 10.7 Å². The molecule has 1 fully saturated rings. The highest BCUT2D eigenvalue weighted by Gasteiger charge is 2.28. The van der Waals surface area contributed by atoms with Gasteiger partial charge in [0.05, 0.1) is 29.9 Å². The summed E-state index contributed by atoms with van der Waals surface area (Å²) in [7, 11) is 0. The molecule has 2 aromatic rings. The molecule has 0 saturated carbocycles. The van der Waals surface area contributed by atoms with Gasteiger partial charge in [-0.25, -0.2) is 19.8 Å². The van der Waals surface area contributed by atoms with Gasteiger partial charge in [-0.3, -0.25) is 4.79 Å². The van der Waals surface area contributed by atoms with Crippen LogP contribution >= 0.6 is 0 Å². The maximum Gasteiger partial charge on any atom is 0.374 e. The van der Waals surface area contributed by atoms with Gasteiger partial charge in [-0.1, -0.05) is 0 Å². The predicted molar refractivity (Wildman–Crippen MR) is 110 cm³/mol. The van der Waals surface area contributed by atoms with Crippen molar-refractivity contribution in [2.75, 3.05) is 24.7 Å². The Labute approximate surface area is 174 Å². The number of ether oxygens (including phenoxy) is 2. The third-order valence-electron chi connectivity index (χ3n) is 4.37. The summed E-state index contributed by atoms with van der Waals surface area (Å²) >= 11 is 0. The number of nitrogens with one attached hydrogen (secondary N) is 1. The molecule has 0 aliphatic carbocycles. The van der Waals surface area contributed by atoms with Crippen LogP contribution in [0.3, 0.4) is 0 Å². The maximum atomic E-state index is 12.9. The predicted octanol–water partition coefficient (Wildman–Crippen LogP) is 1.36. The Morgan fingerprint density at radius 3 is 2.87 bits per heavy atom. The van der Waals surface area contributed by atoms with Crippen molar-refractivity contribution in [3.63, 3.8) is 0 Å². The number of carbonyl (C=O) groups is 3. The molecular weight excluding hydrogens is 390 g/mol. The summed E-state index contributed by atoms with van der Waals surface area (Å²) in [6.45, 7) is 6.53. The lowest BCUT2D eigenvalue weighted by Crippen LogP contribution is -2.56. The second kappa shape index (κ2) is 8.90. The second-order valence-electron chi connectivity index (χ2n) is 8.02. The van der Waals surface area contributed by atoms with E-state index >= 15 is 0 Å². The minimum atomic E-state index is -0.641. The van der Waals surface area contributed by atoms with Gasteiger partial charge in [-0.2, -0.15) is 0 Å². The van der Waals surface area contributed by atoms with E-state index in [0.717, 1.165) is 0 Å². The number of nitrogens with two attached hydrogens (primary N) is 1. The monoisotopic (exact) mass is 417 g/mol. The number of amides is 1. The Kier molecular flexibility index (Phi) is 6.49. The first kappa shape index (κ1) is 21.9. The zero-order chi connectivity index (χ0) is 21.9. The summed E-state index contributed by atoms with van der Waals surface area (Å²) in [4.78, 5) is 43.2. The van der Waals surface area contributed by atoms with Crippen LogP contribution in [-0.4, -0.2) is 64.7 Å². The fourth-order valence-electron chi connectivity index (χ4n) is 3.15. The smallest absolute Gasteiger partial charge is 0.374 e. The summed E-state index contributed by atoms with van der Waals surface area (Å²) < 4.78 is 10.7. The molecule has 1 unspecified atom stereocenters. The lowest BCUT2D eigenvalue weighted by atomic mass is 10.2. The average Bonchev–Trinajstić information content (AvgIpc) is 3.09. The van der Waals surface area contributed by atoms with Crippen LogP contribution in [0.4, 0.5) is 5.69 Å². The van der Waals surface area contributed by atoms with E-state index in [1.165, 1.54) is 5.01 Å². The fraction of sp³-hybridized carbons (Fsp3) is 0.500. The van der Waals surface area contributed by atoms with E-state index in [4.69, 9.17) is 15.2 Å². The molecule has 1 saturated heterocycles. The van der Waals surface area contributed by atoms with Crippen LogP contribution in [0.5, 0.6) is 0 Å². The van der Waals surface area contributed by atoms with Crippen molar-refractivity contribution >= 4 is 34.9 Å². The third kappa shape index (κ3) is 5.21. The number of nitrogens with zero attached hydrogens (tertiary/aromatic N) is 3. The van der Waals surface area contributed by atoms with E-state index in [0.29, 0.717) is 42.7 Å². The molecule has 30 heavy (non-hydrogen) atoms. The molecule has 1 aromatic heterocycles. The minimum Gasteiger partial charge on any atom is -0.454 e. The van der Waals surface area contributed by atoms with Crippen molar-refractivity contribution in [3.8, 4) is 0 Å². The lowest BCUT2D eigenvalue weighted by molar-refractivity contribution is -0.125. The molecule has 3 rings (SSSR count). The molecule has 1 amide bonds. The number of aromatic nitrogens is 2. The minimum absolute atomic E-state index is 0.0697. The Bertz CT molecular complexity index is 935. The van der Waals surface area contributed by atoms with Gasteiger partial charge in [-0.05, 0) is 39.0 Å². The van der Waals surface area contributed by atoms with Gasteiger partial charge >= 0.3 is 5.97 Å². The number of carbonyl (C=O) groups excluding carboxylic acids is 3. The summed E-state index contributed by atoms with van der Waals surface area (Å²) in [6.07, 6.45) is 0.391. The molecule has 0 radical (unpaired) electrons. The fourth-order valence-corrected chi connectivity index (χ4v) is 3.15. The molecule has 0 spiro atoms. The first-order valence-corrected chi connectivity index (χ1v) is 9.79. The van der Waals surface area contributed by atoms with Gasteiger partial charge in [-0.15, -0.1) is 0 Å². The van der Waals surface area contributed by atoms with Gasteiger partial charge in [0, 0.05) is 19.4 Å². The second-order valence-corrected chi connectivity index (χ2v) is 8.02. The molecule has 2 heterocycles. The number of hydrogen-bond donors (Lipinski definition) is 2. The largest absolute Gasteiger partial charge is 0.454 e. The number of benzene rings is 1. The first-order valence-electron chi connectivity index (χ1n) is 9.79. The SMILES string of the molecule is CC(C)(C)OC(=O)c1nc2ccc(N(C(=O)CCC=O)N3CCOC(N)C3)cc2[nH]1. The van der Waals surface area contributed by atoms with Crippen LogP contribution in [-0.2, 0) is 19.1 Å². The van der Waals surface area contributed by atoms with E-state index in [-0.39, 0.29) is 24.6 Å². The number of H-pyrrole nitrogens is 1. The number of esters is 1. The summed E-state index contributed by atoms with van der Waals surface area (Å²) in [5, 5.41) is 3.31. The Morgan fingerprint density at radius 1 is 1.43 bits per heavy atom. The van der Waals surface area contributed by atoms with Crippen LogP contribution in [0.25, 0.3) is 11.0 Å². The Balaban J connectivity index is 1.92. The molecule has 10 heteroatoms. The summed E-state index contributed by atoms with van der Waals surface area (Å²) in [5.41, 5.74) is 6.98. The number of anilines is 1. The van der Waals surface area contributed by atoms with Gasteiger partial charge in [0.15, 0.2) is 0 Å². The molecule has 162 valence electrons. The molecule has 1 aliphatic rings. The number of morpholine rings is 1. The molecule has 3 N–H and O–H groups in total. The average molecular weight is 417 g/mol. The van der Waals surface area contributed by atoms with E-state index in [1.54, 1.807) is 44.0 Å². The number of hydrogen-bond acceptors (Lipinski definition) is 8. The molecular formula is C20H27N5O5. The molecule has 0 bridgehead atoms. The van der Waals surface area contributed by atoms with Crippen molar-refractivity contribution < 1.29 is 23.9 Å². The van der Waals surface area contributed by atoms with Crippen LogP contribution in [0.15, 0.2) is 18.2 Å². The molecule has 1 aliphatic heterocycles. The normalized spacial score (nSPS) is 17.7. The number of rotatable bonds is 6. The number of imidazole rings is 1. The van der Waals surface area contributed by atoms with Crippen LogP contribution in [0.2, 0.25) is 0 Å². The summed E-state index contributed by atoms with van der Waals surface area (Å²) in [6, 6.07) is 5.19. The van der Waals surface area contributed by atoms with Crippen molar-refractivity contribution in [2.24, 2.45) is 5.73 Å². The highest BCUT2D eigenvalue weighted by atomic mass is 16.6. The van der Waals surface area contributed by atoms with Gasteiger partial charge in [0.2, 0.25) is 11.7 Å². The first-order chi connectivity index (χ1) is 14.2. The molecule has 1 atom stereocenters. The molecule has 10 nitrogen and oxygen atoms in total. The van der Waals surface area contributed by atoms with E-state index < -0.39 is 17.8 Å². The Morgan fingerprint density at radius 2 is 2.20 bits per heavy atom. The highest BCUT2D eigenvalue weighted by Crippen LogP contribution is 2.25. The zero-order valence-corrected chi connectivity index (χ0v) is 17.4. The lowest BCUT2D eigenvalue weighted by Gasteiger charge is -2.39. The van der Waals surface area contributed by atoms with Crippen LogP contribution in [0.1, 0.15) is 44.2 Å². The highest BCUT2D eigenvalue weighted by molar-refractivity contribution is 5.96.